The van der Waals surface area contributed by atoms with E-state index in [0.29, 0.717) is 22.3 Å². The number of carboxylic acids is 1. The van der Waals surface area contributed by atoms with Crippen molar-refractivity contribution >= 4 is 40.6 Å². The lowest BCUT2D eigenvalue weighted by Gasteiger charge is -2.13. The SMILES string of the molecule is C=CCN1C(=O)/C(=C/c2ccccc2)SC1=Nc1ccccc1C(=O)O. The van der Waals surface area contributed by atoms with Crippen LogP contribution in [0.5, 0.6) is 0 Å². The molecule has 2 aromatic carbocycles. The largest absolute Gasteiger partial charge is 0.478 e. The highest BCUT2D eigenvalue weighted by molar-refractivity contribution is 8.18. The molecule has 0 saturated carbocycles. The maximum Gasteiger partial charge on any atom is 0.337 e. The molecule has 0 aromatic heterocycles. The Morgan fingerprint density at radius 1 is 1.15 bits per heavy atom. The molecule has 1 N–H and O–H groups in total. The lowest BCUT2D eigenvalue weighted by atomic mass is 10.2. The molecular weight excluding hydrogens is 348 g/mol. The lowest BCUT2D eigenvalue weighted by Crippen LogP contribution is -2.29. The summed E-state index contributed by atoms with van der Waals surface area (Å²) in [7, 11) is 0. The zero-order valence-electron chi connectivity index (χ0n) is 13.8. The molecular formula is C20H16N2O3S. The highest BCUT2D eigenvalue weighted by Crippen LogP contribution is 2.34. The van der Waals surface area contributed by atoms with Crippen LogP contribution in [-0.4, -0.2) is 33.6 Å². The fourth-order valence-electron chi connectivity index (χ4n) is 2.44. The summed E-state index contributed by atoms with van der Waals surface area (Å²) in [6.45, 7) is 3.98. The first kappa shape index (κ1) is 17.7. The molecule has 3 rings (SSSR count). The minimum atomic E-state index is -1.06. The summed E-state index contributed by atoms with van der Waals surface area (Å²) in [5, 5.41) is 9.76. The molecule has 1 fully saturated rings. The number of amides is 1. The first-order chi connectivity index (χ1) is 12.6. The second-order valence-electron chi connectivity index (χ2n) is 5.44. The van der Waals surface area contributed by atoms with Crippen LogP contribution in [-0.2, 0) is 4.79 Å². The fourth-order valence-corrected chi connectivity index (χ4v) is 3.44. The van der Waals surface area contributed by atoms with E-state index in [1.54, 1.807) is 30.4 Å². The summed E-state index contributed by atoms with van der Waals surface area (Å²) in [6.07, 6.45) is 3.41. The third-order valence-corrected chi connectivity index (χ3v) is 4.65. The van der Waals surface area contributed by atoms with Gasteiger partial charge in [0.2, 0.25) is 0 Å². The van der Waals surface area contributed by atoms with Crippen molar-refractivity contribution in [2.45, 2.75) is 0 Å². The van der Waals surface area contributed by atoms with Crippen LogP contribution in [0.3, 0.4) is 0 Å². The van der Waals surface area contributed by atoms with Gasteiger partial charge in [0.05, 0.1) is 16.2 Å². The predicted octanol–water partition coefficient (Wildman–Crippen LogP) is 4.17. The van der Waals surface area contributed by atoms with Crippen LogP contribution in [0.2, 0.25) is 0 Å². The number of carbonyl (C=O) groups is 2. The third-order valence-electron chi connectivity index (χ3n) is 3.65. The third kappa shape index (κ3) is 3.75. The number of rotatable bonds is 5. The fraction of sp³-hybridized carbons (Fsp3) is 0.0500. The molecule has 1 saturated heterocycles. The molecule has 1 aliphatic rings. The van der Waals surface area contributed by atoms with E-state index in [1.807, 2.05) is 30.3 Å². The highest BCUT2D eigenvalue weighted by atomic mass is 32.2. The van der Waals surface area contributed by atoms with Crippen LogP contribution in [0.15, 0.2) is 77.1 Å². The minimum absolute atomic E-state index is 0.0899. The van der Waals surface area contributed by atoms with Gasteiger partial charge in [0.25, 0.3) is 5.91 Å². The van der Waals surface area contributed by atoms with Crippen LogP contribution in [0.4, 0.5) is 5.69 Å². The molecule has 5 nitrogen and oxygen atoms in total. The smallest absolute Gasteiger partial charge is 0.337 e. The van der Waals surface area contributed by atoms with Gasteiger partial charge >= 0.3 is 5.97 Å². The quantitative estimate of drug-likeness (QED) is 0.638. The first-order valence-electron chi connectivity index (χ1n) is 7.88. The van der Waals surface area contributed by atoms with Gasteiger partial charge in [-0.15, -0.1) is 6.58 Å². The van der Waals surface area contributed by atoms with Crippen molar-refractivity contribution in [1.82, 2.24) is 4.90 Å². The average Bonchev–Trinajstić information content (AvgIpc) is 2.92. The molecule has 2 aromatic rings. The van der Waals surface area contributed by atoms with E-state index < -0.39 is 5.97 Å². The number of amidine groups is 1. The van der Waals surface area contributed by atoms with Gasteiger partial charge < -0.3 is 5.11 Å². The van der Waals surface area contributed by atoms with Crippen LogP contribution in [0.1, 0.15) is 15.9 Å². The monoisotopic (exact) mass is 364 g/mol. The summed E-state index contributed by atoms with van der Waals surface area (Å²) in [5.41, 5.74) is 1.31. The van der Waals surface area contributed by atoms with Crippen molar-refractivity contribution < 1.29 is 14.7 Å². The number of benzene rings is 2. The zero-order valence-corrected chi connectivity index (χ0v) is 14.6. The Balaban J connectivity index is 2.01. The summed E-state index contributed by atoms with van der Waals surface area (Å²) < 4.78 is 0. The minimum Gasteiger partial charge on any atom is -0.478 e. The zero-order chi connectivity index (χ0) is 18.5. The summed E-state index contributed by atoms with van der Waals surface area (Å²) in [6, 6.07) is 16.0. The predicted molar refractivity (Wildman–Crippen MR) is 104 cm³/mol. The van der Waals surface area contributed by atoms with Crippen LogP contribution < -0.4 is 0 Å². The molecule has 0 spiro atoms. The Kier molecular flexibility index (Phi) is 5.34. The second-order valence-corrected chi connectivity index (χ2v) is 6.45. The van der Waals surface area contributed by atoms with Crippen molar-refractivity contribution in [1.29, 1.82) is 0 Å². The van der Waals surface area contributed by atoms with Gasteiger partial charge in [0.15, 0.2) is 5.17 Å². The Morgan fingerprint density at radius 2 is 1.85 bits per heavy atom. The van der Waals surface area contributed by atoms with Crippen molar-refractivity contribution in [3.05, 3.63) is 83.3 Å². The first-order valence-corrected chi connectivity index (χ1v) is 8.70. The Bertz CT molecular complexity index is 920. The Hall–Kier alpha value is -3.12. The topological polar surface area (TPSA) is 70.0 Å². The van der Waals surface area contributed by atoms with Crippen LogP contribution >= 0.6 is 11.8 Å². The summed E-state index contributed by atoms with van der Waals surface area (Å²) in [4.78, 5) is 30.6. The average molecular weight is 364 g/mol. The Morgan fingerprint density at radius 3 is 2.54 bits per heavy atom. The maximum absolute atomic E-state index is 12.7. The standard InChI is InChI=1S/C20H16N2O3S/c1-2-12-22-18(23)17(13-14-8-4-3-5-9-14)26-20(22)21-16-11-7-6-10-15(16)19(24)25/h2-11,13H,1,12H2,(H,24,25)/b17-13-,21-20?. The van der Waals surface area contributed by atoms with E-state index in [4.69, 9.17) is 0 Å². The molecule has 26 heavy (non-hydrogen) atoms. The summed E-state index contributed by atoms with van der Waals surface area (Å²) in [5.74, 6) is -1.24. The number of hydrogen-bond donors (Lipinski definition) is 1. The molecule has 6 heteroatoms. The van der Waals surface area contributed by atoms with E-state index in [9.17, 15) is 14.7 Å². The number of aromatic carboxylic acids is 1. The molecule has 1 aliphatic heterocycles. The van der Waals surface area contributed by atoms with E-state index in [-0.39, 0.29) is 11.5 Å². The number of para-hydroxylation sites is 1. The summed E-state index contributed by atoms with van der Waals surface area (Å²) >= 11 is 1.22. The molecule has 0 unspecified atom stereocenters. The second kappa shape index (κ2) is 7.84. The molecule has 130 valence electrons. The number of carbonyl (C=O) groups excluding carboxylic acids is 1. The number of aliphatic imine (C=N–C) groups is 1. The van der Waals surface area contributed by atoms with Crippen LogP contribution in [0.25, 0.3) is 6.08 Å². The maximum atomic E-state index is 12.7. The van der Waals surface area contributed by atoms with E-state index in [2.05, 4.69) is 11.6 Å². The van der Waals surface area contributed by atoms with Gasteiger partial charge in [0.1, 0.15) is 0 Å². The van der Waals surface area contributed by atoms with Gasteiger partial charge in [-0.3, -0.25) is 9.69 Å². The Labute approximate surface area is 155 Å². The highest BCUT2D eigenvalue weighted by Gasteiger charge is 2.32. The van der Waals surface area contributed by atoms with Gasteiger partial charge in [-0.25, -0.2) is 9.79 Å². The van der Waals surface area contributed by atoms with Gasteiger partial charge in [0, 0.05) is 6.54 Å². The molecule has 0 atom stereocenters. The van der Waals surface area contributed by atoms with Crippen LogP contribution in [0, 0.1) is 0 Å². The van der Waals surface area contributed by atoms with Crippen molar-refractivity contribution in [2.24, 2.45) is 4.99 Å². The number of thioether (sulfide) groups is 1. The van der Waals surface area contributed by atoms with Gasteiger partial charge in [-0.1, -0.05) is 48.5 Å². The molecule has 0 radical (unpaired) electrons. The number of hydrogen-bond acceptors (Lipinski definition) is 4. The molecule has 0 aliphatic carbocycles. The molecule has 0 bridgehead atoms. The van der Waals surface area contributed by atoms with Gasteiger partial charge in [-0.05, 0) is 35.5 Å². The lowest BCUT2D eigenvalue weighted by molar-refractivity contribution is -0.121. The van der Waals surface area contributed by atoms with E-state index >= 15 is 0 Å². The van der Waals surface area contributed by atoms with Crippen molar-refractivity contribution in [3.63, 3.8) is 0 Å². The normalized spacial score (nSPS) is 17.1. The molecule has 1 amide bonds. The van der Waals surface area contributed by atoms with E-state index in [0.717, 1.165) is 5.56 Å². The van der Waals surface area contributed by atoms with Gasteiger partial charge in [-0.2, -0.15) is 0 Å². The number of nitrogens with zero attached hydrogens (tertiary/aromatic N) is 2. The molecule has 1 heterocycles. The number of carboxylic acid groups (broad SMARTS) is 1. The van der Waals surface area contributed by atoms with E-state index in [1.165, 1.54) is 22.7 Å². The van der Waals surface area contributed by atoms with Crippen molar-refractivity contribution in [3.8, 4) is 0 Å². The van der Waals surface area contributed by atoms with Crippen molar-refractivity contribution in [2.75, 3.05) is 6.54 Å².